The van der Waals surface area contributed by atoms with Gasteiger partial charge >= 0.3 is 6.09 Å². The molecule has 0 saturated carbocycles. The fourth-order valence-corrected chi connectivity index (χ4v) is 1.27. The predicted octanol–water partition coefficient (Wildman–Crippen LogP) is -0.297. The number of likely N-dealkylation sites (tertiary alicyclic amines) is 1. The minimum absolute atomic E-state index is 0.00516. The van der Waals surface area contributed by atoms with Crippen LogP contribution in [0.25, 0.3) is 0 Å². The summed E-state index contributed by atoms with van der Waals surface area (Å²) in [6.45, 7) is 2.61. The molecule has 2 N–H and O–H groups in total. The molecule has 12 heavy (non-hydrogen) atoms. The Morgan fingerprint density at radius 1 is 1.58 bits per heavy atom. The fraction of sp³-hybridized carbons (Fsp3) is 0.714. The van der Waals surface area contributed by atoms with Crippen molar-refractivity contribution in [1.29, 1.82) is 0 Å². The Morgan fingerprint density at radius 3 is 2.67 bits per heavy atom. The van der Waals surface area contributed by atoms with Crippen molar-refractivity contribution in [2.45, 2.75) is 19.4 Å². The number of hydrogen-bond acceptors (Lipinski definition) is 3. The van der Waals surface area contributed by atoms with Crippen molar-refractivity contribution in [2.75, 3.05) is 13.1 Å². The molecule has 0 radical (unpaired) electrons. The number of carbonyl (C=O) groups is 2. The van der Waals surface area contributed by atoms with Crippen molar-refractivity contribution in [3.05, 3.63) is 0 Å². The molecule has 1 aliphatic rings. The zero-order chi connectivity index (χ0) is 9.14. The highest BCUT2D eigenvalue weighted by molar-refractivity contribution is 5.73. The Hall–Kier alpha value is -1.26. The second-order valence-electron chi connectivity index (χ2n) is 2.81. The number of rotatable bonds is 1. The Kier molecular flexibility index (Phi) is 2.52. The summed E-state index contributed by atoms with van der Waals surface area (Å²) < 4.78 is 4.74. The van der Waals surface area contributed by atoms with Crippen LogP contribution in [0.1, 0.15) is 13.3 Å². The summed E-state index contributed by atoms with van der Waals surface area (Å²) in [4.78, 5) is 22.8. The van der Waals surface area contributed by atoms with Gasteiger partial charge in [-0.3, -0.25) is 4.79 Å². The van der Waals surface area contributed by atoms with Gasteiger partial charge in [0.2, 0.25) is 5.91 Å². The highest BCUT2D eigenvalue weighted by Crippen LogP contribution is 2.12. The highest BCUT2D eigenvalue weighted by atomic mass is 16.6. The molecule has 1 atom stereocenters. The molecule has 68 valence electrons. The summed E-state index contributed by atoms with van der Waals surface area (Å²) in [6, 6.07) is 0. The van der Waals surface area contributed by atoms with Gasteiger partial charge in [0.05, 0.1) is 6.54 Å². The first-order valence-electron chi connectivity index (χ1n) is 3.81. The molecule has 0 bridgehead atoms. The van der Waals surface area contributed by atoms with Gasteiger partial charge in [0.1, 0.15) is 6.10 Å². The first-order chi connectivity index (χ1) is 5.59. The molecule has 0 aromatic carbocycles. The van der Waals surface area contributed by atoms with Crippen molar-refractivity contribution < 1.29 is 14.3 Å². The smallest absolute Gasteiger partial charge is 0.404 e. The molecule has 0 spiro atoms. The molecule has 1 saturated heterocycles. The number of carbonyl (C=O) groups excluding carboxylic acids is 2. The molecule has 1 aliphatic heterocycles. The number of nitrogens with two attached hydrogens (primary N) is 1. The molecular weight excluding hydrogens is 160 g/mol. The van der Waals surface area contributed by atoms with Crippen LogP contribution in [-0.4, -0.2) is 36.1 Å². The quantitative estimate of drug-likeness (QED) is 0.590. The van der Waals surface area contributed by atoms with Crippen LogP contribution in [0.5, 0.6) is 0 Å². The van der Waals surface area contributed by atoms with E-state index in [1.54, 1.807) is 4.90 Å². The lowest BCUT2D eigenvalue weighted by molar-refractivity contribution is -0.128. The molecule has 0 unspecified atom stereocenters. The maximum Gasteiger partial charge on any atom is 0.404 e. The Morgan fingerprint density at radius 2 is 2.25 bits per heavy atom. The standard InChI is InChI=1S/C7H12N2O3/c1-5(10)9-3-2-6(4-9)12-7(8)11/h6H,2-4H2,1H3,(H2,8,11)/t6-/m1/s1. The van der Waals surface area contributed by atoms with Crippen LogP contribution < -0.4 is 5.73 Å². The van der Waals surface area contributed by atoms with Gasteiger partial charge in [-0.1, -0.05) is 0 Å². The van der Waals surface area contributed by atoms with E-state index in [0.717, 1.165) is 0 Å². The van der Waals surface area contributed by atoms with E-state index in [2.05, 4.69) is 0 Å². The average molecular weight is 172 g/mol. The van der Waals surface area contributed by atoms with Crippen LogP contribution in [-0.2, 0) is 9.53 Å². The lowest BCUT2D eigenvalue weighted by atomic mass is 10.3. The summed E-state index contributed by atoms with van der Waals surface area (Å²) >= 11 is 0. The summed E-state index contributed by atoms with van der Waals surface area (Å²) in [5.74, 6) is 0.00516. The second kappa shape index (κ2) is 3.42. The minimum Gasteiger partial charge on any atom is -0.444 e. The summed E-state index contributed by atoms with van der Waals surface area (Å²) in [6.07, 6.45) is -0.306. The van der Waals surface area contributed by atoms with Gasteiger partial charge in [-0.15, -0.1) is 0 Å². The minimum atomic E-state index is -0.773. The van der Waals surface area contributed by atoms with E-state index in [4.69, 9.17) is 10.5 Å². The van der Waals surface area contributed by atoms with Gasteiger partial charge in [-0.05, 0) is 0 Å². The number of hydrogen-bond donors (Lipinski definition) is 1. The lowest BCUT2D eigenvalue weighted by Gasteiger charge is -2.13. The topological polar surface area (TPSA) is 72.6 Å². The lowest BCUT2D eigenvalue weighted by Crippen LogP contribution is -2.29. The zero-order valence-corrected chi connectivity index (χ0v) is 6.95. The maximum atomic E-state index is 10.8. The molecule has 0 aromatic heterocycles. The maximum absolute atomic E-state index is 10.8. The van der Waals surface area contributed by atoms with Crippen molar-refractivity contribution in [3.8, 4) is 0 Å². The van der Waals surface area contributed by atoms with Crippen molar-refractivity contribution in [2.24, 2.45) is 5.73 Å². The first kappa shape index (κ1) is 8.83. The van der Waals surface area contributed by atoms with E-state index in [-0.39, 0.29) is 12.0 Å². The van der Waals surface area contributed by atoms with Gasteiger partial charge in [0.25, 0.3) is 0 Å². The average Bonchev–Trinajstić information content (AvgIpc) is 2.34. The van der Waals surface area contributed by atoms with Crippen LogP contribution >= 0.6 is 0 Å². The molecule has 5 nitrogen and oxygen atoms in total. The molecular formula is C7H12N2O3. The van der Waals surface area contributed by atoms with Crippen molar-refractivity contribution >= 4 is 12.0 Å². The van der Waals surface area contributed by atoms with Gasteiger partial charge in [-0.25, -0.2) is 4.79 Å². The van der Waals surface area contributed by atoms with Crippen molar-refractivity contribution in [1.82, 2.24) is 4.90 Å². The predicted molar refractivity (Wildman–Crippen MR) is 41.3 cm³/mol. The second-order valence-corrected chi connectivity index (χ2v) is 2.81. The molecule has 1 fully saturated rings. The molecule has 2 amide bonds. The van der Waals surface area contributed by atoms with Crippen LogP contribution in [0.4, 0.5) is 4.79 Å². The Labute approximate surface area is 70.5 Å². The first-order valence-corrected chi connectivity index (χ1v) is 3.81. The van der Waals surface area contributed by atoms with Crippen LogP contribution in [0.2, 0.25) is 0 Å². The number of ether oxygens (including phenoxy) is 1. The number of amides is 2. The number of nitrogens with zero attached hydrogens (tertiary/aromatic N) is 1. The largest absolute Gasteiger partial charge is 0.444 e. The third kappa shape index (κ3) is 2.11. The molecule has 5 heteroatoms. The van der Waals surface area contributed by atoms with Crippen LogP contribution in [0.3, 0.4) is 0 Å². The highest BCUT2D eigenvalue weighted by Gasteiger charge is 2.26. The van der Waals surface area contributed by atoms with Crippen LogP contribution in [0, 0.1) is 0 Å². The summed E-state index contributed by atoms with van der Waals surface area (Å²) in [5, 5.41) is 0. The summed E-state index contributed by atoms with van der Waals surface area (Å²) in [5.41, 5.74) is 4.83. The molecule has 1 heterocycles. The molecule has 0 aliphatic carbocycles. The third-order valence-electron chi connectivity index (χ3n) is 1.87. The van der Waals surface area contributed by atoms with E-state index in [1.165, 1.54) is 6.92 Å². The Balaban J connectivity index is 2.35. The van der Waals surface area contributed by atoms with E-state index in [1.807, 2.05) is 0 Å². The SMILES string of the molecule is CC(=O)N1CC[C@@H](OC(N)=O)C1. The van der Waals surface area contributed by atoms with Gasteiger partial charge in [0, 0.05) is 19.9 Å². The van der Waals surface area contributed by atoms with Gasteiger partial charge < -0.3 is 15.4 Å². The third-order valence-corrected chi connectivity index (χ3v) is 1.87. The van der Waals surface area contributed by atoms with E-state index < -0.39 is 6.09 Å². The molecule has 0 aromatic rings. The van der Waals surface area contributed by atoms with Gasteiger partial charge in [-0.2, -0.15) is 0 Å². The summed E-state index contributed by atoms with van der Waals surface area (Å²) in [7, 11) is 0. The van der Waals surface area contributed by atoms with Gasteiger partial charge in [0.15, 0.2) is 0 Å². The normalized spacial score (nSPS) is 22.4. The van der Waals surface area contributed by atoms with E-state index >= 15 is 0 Å². The number of primary amides is 1. The van der Waals surface area contributed by atoms with Crippen LogP contribution in [0.15, 0.2) is 0 Å². The fourth-order valence-electron chi connectivity index (χ4n) is 1.27. The zero-order valence-electron chi connectivity index (χ0n) is 6.95. The van der Waals surface area contributed by atoms with Crippen molar-refractivity contribution in [3.63, 3.8) is 0 Å². The van der Waals surface area contributed by atoms with E-state index in [9.17, 15) is 9.59 Å². The Bertz CT molecular complexity index is 205. The monoisotopic (exact) mass is 172 g/mol. The molecule has 1 rings (SSSR count). The van der Waals surface area contributed by atoms with E-state index in [0.29, 0.717) is 19.5 Å².